The van der Waals surface area contributed by atoms with Gasteiger partial charge in [-0.3, -0.25) is 4.79 Å². The number of nitrogen functional groups attached to an aromatic ring is 2. The minimum Gasteiger partial charge on any atom is -0.483 e. The van der Waals surface area contributed by atoms with E-state index in [1.165, 1.54) is 30.2 Å². The summed E-state index contributed by atoms with van der Waals surface area (Å²) in [7, 11) is 0. The summed E-state index contributed by atoms with van der Waals surface area (Å²) in [5.74, 6) is -0.00219. The number of halogens is 1. The number of hydrogen-bond donors (Lipinski definition) is 3. The van der Waals surface area contributed by atoms with E-state index in [4.69, 9.17) is 21.4 Å². The molecule has 0 saturated heterocycles. The molecule has 0 spiro atoms. The average molecular weight is 436 g/mol. The quantitative estimate of drug-likeness (QED) is 0.322. The molecule has 0 atom stereocenters. The third-order valence-corrected chi connectivity index (χ3v) is 5.03. The van der Waals surface area contributed by atoms with Crippen LogP contribution in [0.25, 0.3) is 22.3 Å². The highest BCUT2D eigenvalue weighted by atomic mass is 32.2. The van der Waals surface area contributed by atoms with Crippen LogP contribution in [0.1, 0.15) is 0 Å². The third kappa shape index (κ3) is 5.52. The van der Waals surface area contributed by atoms with Gasteiger partial charge in [-0.25, -0.2) is 24.3 Å². The Balaban J connectivity index is 0.000000858. The molecule has 4 aromatic rings. The van der Waals surface area contributed by atoms with Gasteiger partial charge in [-0.15, -0.1) is 0 Å². The van der Waals surface area contributed by atoms with Gasteiger partial charge in [0, 0.05) is 34.6 Å². The van der Waals surface area contributed by atoms with Gasteiger partial charge in [0.2, 0.25) is 11.9 Å². The number of nitrogens with zero attached hydrogens (tertiary/aromatic N) is 4. The third-order valence-electron chi connectivity index (χ3n) is 4.01. The summed E-state index contributed by atoms with van der Waals surface area (Å²) in [6, 6.07) is 14.6. The lowest BCUT2D eigenvalue weighted by Gasteiger charge is -2.11. The first kappa shape index (κ1) is 21.7. The Labute approximate surface area is 181 Å². The van der Waals surface area contributed by atoms with Gasteiger partial charge < -0.3 is 16.6 Å². The van der Waals surface area contributed by atoms with Gasteiger partial charge in [-0.2, -0.15) is 0 Å². The SMILES string of the molecule is Nc1ncc(-c2ccc(-c3ccccc3Sc3ccnc(N)n3)cc2F)cn1.O=CO. The molecule has 2 aromatic carbocycles. The van der Waals surface area contributed by atoms with Crippen LogP contribution in [0.15, 0.2) is 77.0 Å². The van der Waals surface area contributed by atoms with E-state index in [1.54, 1.807) is 18.3 Å². The van der Waals surface area contributed by atoms with Crippen LogP contribution in [0, 0.1) is 5.82 Å². The summed E-state index contributed by atoms with van der Waals surface area (Å²) in [6.07, 6.45) is 4.61. The molecule has 31 heavy (non-hydrogen) atoms. The summed E-state index contributed by atoms with van der Waals surface area (Å²) in [5.41, 5.74) is 13.8. The number of aromatic nitrogens is 4. The van der Waals surface area contributed by atoms with Gasteiger partial charge in [0.05, 0.1) is 0 Å². The van der Waals surface area contributed by atoms with E-state index in [0.717, 1.165) is 21.0 Å². The number of nitrogens with two attached hydrogens (primary N) is 2. The fraction of sp³-hybridized carbons (Fsp3) is 0. The summed E-state index contributed by atoms with van der Waals surface area (Å²) in [5, 5.41) is 7.61. The second-order valence-corrected chi connectivity index (χ2v) is 7.04. The Morgan fingerprint density at radius 3 is 2.29 bits per heavy atom. The minimum absolute atomic E-state index is 0.150. The molecule has 10 heteroatoms. The molecule has 2 heterocycles. The van der Waals surface area contributed by atoms with Crippen molar-refractivity contribution in [2.75, 3.05) is 11.5 Å². The fourth-order valence-corrected chi connectivity index (χ4v) is 3.65. The summed E-state index contributed by atoms with van der Waals surface area (Å²) < 4.78 is 14.8. The van der Waals surface area contributed by atoms with E-state index < -0.39 is 0 Å². The first-order valence-electron chi connectivity index (χ1n) is 8.83. The van der Waals surface area contributed by atoms with Crippen molar-refractivity contribution in [3.63, 3.8) is 0 Å². The van der Waals surface area contributed by atoms with Gasteiger partial charge in [-0.05, 0) is 29.3 Å². The lowest BCUT2D eigenvalue weighted by atomic mass is 10.0. The van der Waals surface area contributed by atoms with E-state index in [-0.39, 0.29) is 24.2 Å². The Kier molecular flexibility index (Phi) is 7.07. The molecule has 8 nitrogen and oxygen atoms in total. The van der Waals surface area contributed by atoms with Crippen molar-refractivity contribution < 1.29 is 14.3 Å². The molecule has 0 saturated carbocycles. The first-order chi connectivity index (χ1) is 15.0. The Hall–Kier alpha value is -4.05. The molecule has 0 aliphatic carbocycles. The Morgan fingerprint density at radius 1 is 0.903 bits per heavy atom. The zero-order chi connectivity index (χ0) is 22.2. The van der Waals surface area contributed by atoms with Crippen molar-refractivity contribution in [2.24, 2.45) is 0 Å². The predicted molar refractivity (Wildman–Crippen MR) is 117 cm³/mol. The van der Waals surface area contributed by atoms with Crippen molar-refractivity contribution in [3.8, 4) is 22.3 Å². The fourth-order valence-electron chi connectivity index (χ4n) is 2.71. The van der Waals surface area contributed by atoms with Crippen molar-refractivity contribution in [3.05, 3.63) is 72.9 Å². The average Bonchev–Trinajstić information content (AvgIpc) is 2.75. The predicted octanol–water partition coefficient (Wildman–Crippen LogP) is 3.76. The van der Waals surface area contributed by atoms with Gasteiger partial charge in [0.1, 0.15) is 10.8 Å². The van der Waals surface area contributed by atoms with Gasteiger partial charge in [-0.1, -0.05) is 42.1 Å². The van der Waals surface area contributed by atoms with Gasteiger partial charge in [0.25, 0.3) is 6.47 Å². The molecule has 0 amide bonds. The van der Waals surface area contributed by atoms with E-state index >= 15 is 0 Å². The summed E-state index contributed by atoms with van der Waals surface area (Å²) in [4.78, 5) is 25.3. The number of rotatable bonds is 4. The first-order valence-corrected chi connectivity index (χ1v) is 9.64. The van der Waals surface area contributed by atoms with Gasteiger partial charge in [0.15, 0.2) is 0 Å². The number of carbonyl (C=O) groups is 1. The molecule has 0 unspecified atom stereocenters. The van der Waals surface area contributed by atoms with Crippen LogP contribution in [0.5, 0.6) is 0 Å². The number of benzene rings is 2. The lowest BCUT2D eigenvalue weighted by molar-refractivity contribution is -0.122. The summed E-state index contributed by atoms with van der Waals surface area (Å²) >= 11 is 1.44. The van der Waals surface area contributed by atoms with E-state index in [0.29, 0.717) is 11.1 Å². The van der Waals surface area contributed by atoms with Crippen LogP contribution in [0.2, 0.25) is 0 Å². The zero-order valence-electron chi connectivity index (χ0n) is 16.0. The van der Waals surface area contributed by atoms with Crippen molar-refractivity contribution in [2.45, 2.75) is 9.92 Å². The molecule has 0 aliphatic rings. The van der Waals surface area contributed by atoms with Crippen molar-refractivity contribution in [1.29, 1.82) is 0 Å². The smallest absolute Gasteiger partial charge is 0.290 e. The van der Waals surface area contributed by atoms with Crippen molar-refractivity contribution in [1.82, 2.24) is 19.9 Å². The second-order valence-electron chi connectivity index (χ2n) is 5.98. The Bertz CT molecular complexity index is 1190. The highest BCUT2D eigenvalue weighted by molar-refractivity contribution is 7.99. The second kappa shape index (κ2) is 10.1. The zero-order valence-corrected chi connectivity index (χ0v) is 16.8. The van der Waals surface area contributed by atoms with E-state index in [9.17, 15) is 4.39 Å². The number of hydrogen-bond acceptors (Lipinski definition) is 8. The normalized spacial score (nSPS) is 10.1. The molecule has 0 fully saturated rings. The van der Waals surface area contributed by atoms with Crippen LogP contribution in [-0.2, 0) is 4.79 Å². The maximum atomic E-state index is 14.8. The van der Waals surface area contributed by atoms with Crippen LogP contribution in [0.4, 0.5) is 16.3 Å². The molecule has 0 radical (unpaired) electrons. The molecule has 156 valence electrons. The Morgan fingerprint density at radius 2 is 1.61 bits per heavy atom. The molecule has 2 aromatic heterocycles. The highest BCUT2D eigenvalue weighted by Gasteiger charge is 2.12. The lowest BCUT2D eigenvalue weighted by Crippen LogP contribution is -1.95. The molecule has 5 N–H and O–H groups in total. The van der Waals surface area contributed by atoms with Crippen molar-refractivity contribution >= 4 is 30.1 Å². The maximum Gasteiger partial charge on any atom is 0.290 e. The van der Waals surface area contributed by atoms with Crippen LogP contribution >= 0.6 is 11.8 Å². The standard InChI is InChI=1S/C20H15FN6S.CH2O2/c21-16-9-12(5-6-14(16)13-10-25-19(22)26-11-13)15-3-1-2-4-17(15)28-18-7-8-24-20(23)27-18;2-1-3/h1-11H,(H2,22,25,26)(H2,23,24,27);1H,(H,2,3). The topological polar surface area (TPSA) is 141 Å². The molecule has 0 aliphatic heterocycles. The van der Waals surface area contributed by atoms with Crippen LogP contribution < -0.4 is 11.5 Å². The highest BCUT2D eigenvalue weighted by Crippen LogP contribution is 2.36. The maximum absolute atomic E-state index is 14.8. The molecular weight excluding hydrogens is 419 g/mol. The number of anilines is 2. The van der Waals surface area contributed by atoms with E-state index in [1.807, 2.05) is 30.3 Å². The van der Waals surface area contributed by atoms with E-state index in [2.05, 4.69) is 19.9 Å². The molecular formula is C21H17FN6O2S. The largest absolute Gasteiger partial charge is 0.483 e. The monoisotopic (exact) mass is 436 g/mol. The van der Waals surface area contributed by atoms with Crippen LogP contribution in [0.3, 0.4) is 0 Å². The van der Waals surface area contributed by atoms with Crippen LogP contribution in [-0.4, -0.2) is 31.5 Å². The minimum atomic E-state index is -0.364. The van der Waals surface area contributed by atoms with Gasteiger partial charge >= 0.3 is 0 Å². The molecule has 4 rings (SSSR count). The number of carboxylic acid groups (broad SMARTS) is 1. The molecule has 0 bridgehead atoms. The summed E-state index contributed by atoms with van der Waals surface area (Å²) in [6.45, 7) is -0.250.